The highest BCUT2D eigenvalue weighted by molar-refractivity contribution is 7.99. The van der Waals surface area contributed by atoms with Crippen molar-refractivity contribution in [3.8, 4) is 0 Å². The van der Waals surface area contributed by atoms with Crippen LogP contribution in [0.25, 0.3) is 0 Å². The van der Waals surface area contributed by atoms with E-state index in [2.05, 4.69) is 32.0 Å². The van der Waals surface area contributed by atoms with Gasteiger partial charge in [-0.2, -0.15) is 4.31 Å². The molecule has 0 unspecified atom stereocenters. The minimum Gasteiger partial charge on any atom is -0.340 e. The summed E-state index contributed by atoms with van der Waals surface area (Å²) >= 11 is 1.68. The van der Waals surface area contributed by atoms with Crippen molar-refractivity contribution in [2.24, 2.45) is 0 Å². The van der Waals surface area contributed by atoms with Crippen LogP contribution in [-0.2, 0) is 14.8 Å². The summed E-state index contributed by atoms with van der Waals surface area (Å²) in [5, 5.41) is 0. The molecule has 0 bridgehead atoms. The Bertz CT molecular complexity index is 922. The van der Waals surface area contributed by atoms with E-state index in [9.17, 15) is 13.2 Å². The lowest BCUT2D eigenvalue weighted by Gasteiger charge is -2.34. The third-order valence-electron chi connectivity index (χ3n) is 5.04. The van der Waals surface area contributed by atoms with Crippen molar-refractivity contribution in [3.05, 3.63) is 59.7 Å². The van der Waals surface area contributed by atoms with Crippen molar-refractivity contribution >= 4 is 27.7 Å². The maximum atomic E-state index is 12.7. The molecule has 1 amide bonds. The zero-order valence-electron chi connectivity index (χ0n) is 16.3. The molecule has 0 saturated carbocycles. The Labute approximate surface area is 171 Å². The second kappa shape index (κ2) is 9.11. The molecule has 0 spiro atoms. The predicted octanol–water partition coefficient (Wildman–Crippen LogP) is 3.32. The average molecular weight is 419 g/mol. The lowest BCUT2D eigenvalue weighted by Crippen LogP contribution is -2.50. The van der Waals surface area contributed by atoms with E-state index in [4.69, 9.17) is 0 Å². The van der Waals surface area contributed by atoms with Gasteiger partial charge in [-0.05, 0) is 49.2 Å². The van der Waals surface area contributed by atoms with Crippen LogP contribution in [0.4, 0.5) is 0 Å². The van der Waals surface area contributed by atoms with Gasteiger partial charge in [0, 0.05) is 43.2 Å². The Morgan fingerprint density at radius 2 is 1.64 bits per heavy atom. The number of benzene rings is 2. The molecule has 1 aliphatic heterocycles. The van der Waals surface area contributed by atoms with Crippen LogP contribution < -0.4 is 0 Å². The minimum atomic E-state index is -3.48. The third kappa shape index (κ3) is 4.96. The first-order valence-electron chi connectivity index (χ1n) is 9.41. The van der Waals surface area contributed by atoms with Gasteiger partial charge < -0.3 is 4.90 Å². The van der Waals surface area contributed by atoms with Gasteiger partial charge in [-0.3, -0.25) is 4.79 Å². The lowest BCUT2D eigenvalue weighted by atomic mass is 10.1. The molecule has 0 radical (unpaired) electrons. The molecule has 1 fully saturated rings. The largest absolute Gasteiger partial charge is 0.340 e. The van der Waals surface area contributed by atoms with Crippen molar-refractivity contribution < 1.29 is 13.2 Å². The third-order valence-corrected chi connectivity index (χ3v) is 7.94. The molecule has 1 aliphatic rings. The summed E-state index contributed by atoms with van der Waals surface area (Å²) in [6.07, 6.45) is 0.461. The van der Waals surface area contributed by atoms with Gasteiger partial charge in [0.1, 0.15) is 0 Å². The zero-order chi connectivity index (χ0) is 20.1. The fourth-order valence-electron chi connectivity index (χ4n) is 3.14. The maximum Gasteiger partial charge on any atom is 0.243 e. The molecular formula is C21H26N2O3S2. The van der Waals surface area contributed by atoms with Crippen LogP contribution in [0.3, 0.4) is 0 Å². The number of nitrogens with zero attached hydrogens (tertiary/aromatic N) is 2. The first-order valence-corrected chi connectivity index (χ1v) is 11.8. The van der Waals surface area contributed by atoms with Crippen molar-refractivity contribution in [1.82, 2.24) is 9.21 Å². The number of rotatable bonds is 6. The quantitative estimate of drug-likeness (QED) is 0.676. The van der Waals surface area contributed by atoms with Crippen LogP contribution in [0, 0.1) is 13.8 Å². The highest BCUT2D eigenvalue weighted by Gasteiger charge is 2.29. The van der Waals surface area contributed by atoms with E-state index >= 15 is 0 Å². The van der Waals surface area contributed by atoms with E-state index in [1.54, 1.807) is 47.0 Å². The van der Waals surface area contributed by atoms with Crippen molar-refractivity contribution in [3.63, 3.8) is 0 Å². The smallest absolute Gasteiger partial charge is 0.243 e. The lowest BCUT2D eigenvalue weighted by molar-refractivity contribution is -0.131. The molecule has 0 aromatic heterocycles. The van der Waals surface area contributed by atoms with E-state index in [0.29, 0.717) is 37.5 Å². The first kappa shape index (κ1) is 20.9. The molecule has 28 heavy (non-hydrogen) atoms. The van der Waals surface area contributed by atoms with E-state index in [0.717, 1.165) is 5.75 Å². The van der Waals surface area contributed by atoms with Gasteiger partial charge in [-0.15, -0.1) is 11.8 Å². The van der Waals surface area contributed by atoms with Crippen molar-refractivity contribution in [2.75, 3.05) is 31.9 Å². The van der Waals surface area contributed by atoms with Crippen LogP contribution in [-0.4, -0.2) is 55.5 Å². The zero-order valence-corrected chi connectivity index (χ0v) is 17.9. The molecule has 0 atom stereocenters. The van der Waals surface area contributed by atoms with Gasteiger partial charge in [-0.1, -0.05) is 24.3 Å². The molecule has 1 heterocycles. The summed E-state index contributed by atoms with van der Waals surface area (Å²) in [4.78, 5) is 15.7. The Balaban J connectivity index is 1.48. The Morgan fingerprint density at radius 3 is 2.29 bits per heavy atom. The van der Waals surface area contributed by atoms with Gasteiger partial charge in [0.05, 0.1) is 4.90 Å². The molecule has 1 saturated heterocycles. The Morgan fingerprint density at radius 1 is 0.964 bits per heavy atom. The fraction of sp³-hybridized carbons (Fsp3) is 0.381. The number of sulfonamides is 1. The van der Waals surface area contributed by atoms with Gasteiger partial charge in [0.2, 0.25) is 15.9 Å². The number of piperazine rings is 1. The molecule has 2 aromatic carbocycles. The highest BCUT2D eigenvalue weighted by Crippen LogP contribution is 2.22. The molecule has 150 valence electrons. The molecule has 0 aliphatic carbocycles. The predicted molar refractivity (Wildman–Crippen MR) is 113 cm³/mol. The van der Waals surface area contributed by atoms with Gasteiger partial charge in [0.25, 0.3) is 0 Å². The summed E-state index contributed by atoms with van der Waals surface area (Å²) in [7, 11) is -3.48. The summed E-state index contributed by atoms with van der Waals surface area (Å²) in [5.41, 5.74) is 2.52. The van der Waals surface area contributed by atoms with E-state index in [1.807, 2.05) is 0 Å². The molecule has 7 heteroatoms. The monoisotopic (exact) mass is 418 g/mol. The summed E-state index contributed by atoms with van der Waals surface area (Å²) < 4.78 is 26.8. The van der Waals surface area contributed by atoms with Crippen LogP contribution >= 0.6 is 11.8 Å². The molecule has 5 nitrogen and oxygen atoms in total. The van der Waals surface area contributed by atoms with Gasteiger partial charge in [-0.25, -0.2) is 8.42 Å². The Hall–Kier alpha value is -1.83. The standard InChI is InChI=1S/C21H26N2O3S2/c1-17-8-9-19(16-18(17)2)27-15-10-21(24)22-11-13-23(14-12-22)28(25,26)20-6-4-3-5-7-20/h3-9,16H,10-15H2,1-2H3. The highest BCUT2D eigenvalue weighted by atomic mass is 32.2. The number of thioether (sulfide) groups is 1. The molecule has 0 N–H and O–H groups in total. The normalized spacial score (nSPS) is 15.6. The van der Waals surface area contributed by atoms with Crippen LogP contribution in [0.15, 0.2) is 58.3 Å². The number of hydrogen-bond acceptors (Lipinski definition) is 4. The van der Waals surface area contributed by atoms with Gasteiger partial charge in [0.15, 0.2) is 0 Å². The van der Waals surface area contributed by atoms with E-state index in [-0.39, 0.29) is 5.91 Å². The van der Waals surface area contributed by atoms with Crippen molar-refractivity contribution in [1.29, 1.82) is 0 Å². The van der Waals surface area contributed by atoms with E-state index < -0.39 is 10.0 Å². The number of carbonyl (C=O) groups excluding carboxylic acids is 1. The van der Waals surface area contributed by atoms with Crippen LogP contribution in [0.5, 0.6) is 0 Å². The molecule has 3 rings (SSSR count). The second-order valence-electron chi connectivity index (χ2n) is 6.94. The second-order valence-corrected chi connectivity index (χ2v) is 10.0. The Kier molecular flexibility index (Phi) is 6.80. The van der Waals surface area contributed by atoms with Crippen LogP contribution in [0.1, 0.15) is 17.5 Å². The van der Waals surface area contributed by atoms with E-state index in [1.165, 1.54) is 20.3 Å². The summed E-state index contributed by atoms with van der Waals surface area (Å²) in [6.45, 7) is 5.75. The van der Waals surface area contributed by atoms with Crippen molar-refractivity contribution in [2.45, 2.75) is 30.1 Å². The molecule has 2 aromatic rings. The number of carbonyl (C=O) groups is 1. The number of hydrogen-bond donors (Lipinski definition) is 0. The topological polar surface area (TPSA) is 57.7 Å². The van der Waals surface area contributed by atoms with Gasteiger partial charge >= 0.3 is 0 Å². The maximum absolute atomic E-state index is 12.7. The molecular weight excluding hydrogens is 392 g/mol. The average Bonchev–Trinajstić information content (AvgIpc) is 2.71. The first-order chi connectivity index (χ1) is 13.4. The number of aryl methyl sites for hydroxylation is 2. The summed E-state index contributed by atoms with van der Waals surface area (Å²) in [6, 6.07) is 14.8. The van der Waals surface area contributed by atoms with Crippen LogP contribution in [0.2, 0.25) is 0 Å². The summed E-state index contributed by atoms with van der Waals surface area (Å²) in [5.74, 6) is 0.817. The number of amides is 1. The minimum absolute atomic E-state index is 0.0908. The SMILES string of the molecule is Cc1ccc(SCCC(=O)N2CCN(S(=O)(=O)c3ccccc3)CC2)cc1C. The fourth-order valence-corrected chi connectivity index (χ4v) is 5.52.